The van der Waals surface area contributed by atoms with Crippen molar-refractivity contribution in [1.82, 2.24) is 10.6 Å². The number of hydrogen-bond donors (Lipinski definition) is 2. The van der Waals surface area contributed by atoms with Crippen molar-refractivity contribution in [3.63, 3.8) is 0 Å². The summed E-state index contributed by atoms with van der Waals surface area (Å²) >= 11 is 0. The van der Waals surface area contributed by atoms with E-state index in [9.17, 15) is 0 Å². The van der Waals surface area contributed by atoms with Gasteiger partial charge < -0.3 is 20.1 Å². The highest BCUT2D eigenvalue weighted by atomic mass is 16.5. The quantitative estimate of drug-likeness (QED) is 0.639. The first kappa shape index (κ1) is 15.2. The third kappa shape index (κ3) is 3.91. The van der Waals surface area contributed by atoms with Crippen LogP contribution in [0.3, 0.4) is 0 Å². The predicted octanol–water partition coefficient (Wildman–Crippen LogP) is 1.51. The highest BCUT2D eigenvalue weighted by Crippen LogP contribution is 2.25. The Hall–Kier alpha value is -1.75. The summed E-state index contributed by atoms with van der Waals surface area (Å²) in [6.45, 7) is 3.40. The Kier molecular flexibility index (Phi) is 5.16. The Morgan fingerprint density at radius 1 is 1.32 bits per heavy atom. The SMILES string of the molecule is CN=C(NCCc1ccc2c(c1)CCO2)NCC1CCCO1. The van der Waals surface area contributed by atoms with Gasteiger partial charge in [0.05, 0.1) is 12.7 Å². The third-order valence-electron chi connectivity index (χ3n) is 4.20. The minimum Gasteiger partial charge on any atom is -0.493 e. The average Bonchev–Trinajstić information content (AvgIpc) is 3.21. The predicted molar refractivity (Wildman–Crippen MR) is 87.7 cm³/mol. The van der Waals surface area contributed by atoms with Gasteiger partial charge in [0.25, 0.3) is 0 Å². The molecule has 0 spiro atoms. The van der Waals surface area contributed by atoms with Crippen LogP contribution in [0.2, 0.25) is 0 Å². The van der Waals surface area contributed by atoms with Crippen LogP contribution in [0.4, 0.5) is 0 Å². The Balaban J connectivity index is 1.41. The van der Waals surface area contributed by atoms with E-state index >= 15 is 0 Å². The fraction of sp³-hybridized carbons (Fsp3) is 0.588. The van der Waals surface area contributed by atoms with Crippen molar-refractivity contribution in [2.75, 3.05) is 33.4 Å². The number of fused-ring (bicyclic) bond motifs is 1. The molecule has 1 saturated heterocycles. The van der Waals surface area contributed by atoms with Crippen molar-refractivity contribution < 1.29 is 9.47 Å². The van der Waals surface area contributed by atoms with Crippen LogP contribution >= 0.6 is 0 Å². The van der Waals surface area contributed by atoms with Gasteiger partial charge in [-0.3, -0.25) is 4.99 Å². The van der Waals surface area contributed by atoms with Crippen LogP contribution < -0.4 is 15.4 Å². The van der Waals surface area contributed by atoms with Gasteiger partial charge in [0, 0.05) is 33.2 Å². The highest BCUT2D eigenvalue weighted by Gasteiger charge is 2.15. The number of benzene rings is 1. The van der Waals surface area contributed by atoms with Gasteiger partial charge in [0.1, 0.15) is 5.75 Å². The molecule has 1 atom stereocenters. The second kappa shape index (κ2) is 7.49. The molecule has 1 fully saturated rings. The van der Waals surface area contributed by atoms with Crippen LogP contribution in [-0.2, 0) is 17.6 Å². The van der Waals surface area contributed by atoms with Crippen LogP contribution in [0.15, 0.2) is 23.2 Å². The number of ether oxygens (including phenoxy) is 2. The van der Waals surface area contributed by atoms with Crippen LogP contribution in [-0.4, -0.2) is 45.4 Å². The van der Waals surface area contributed by atoms with Gasteiger partial charge in [-0.15, -0.1) is 0 Å². The van der Waals surface area contributed by atoms with E-state index in [0.29, 0.717) is 6.10 Å². The van der Waals surface area contributed by atoms with Gasteiger partial charge in [-0.2, -0.15) is 0 Å². The lowest BCUT2D eigenvalue weighted by Crippen LogP contribution is -2.41. The third-order valence-corrected chi connectivity index (χ3v) is 4.20. The highest BCUT2D eigenvalue weighted by molar-refractivity contribution is 5.79. The van der Waals surface area contributed by atoms with Crippen LogP contribution in [0.25, 0.3) is 0 Å². The zero-order valence-electron chi connectivity index (χ0n) is 13.2. The summed E-state index contributed by atoms with van der Waals surface area (Å²) in [5.74, 6) is 1.89. The van der Waals surface area contributed by atoms with Gasteiger partial charge in [-0.1, -0.05) is 12.1 Å². The van der Waals surface area contributed by atoms with Gasteiger partial charge in [-0.25, -0.2) is 0 Å². The van der Waals surface area contributed by atoms with Crippen molar-refractivity contribution in [3.05, 3.63) is 29.3 Å². The molecule has 5 nitrogen and oxygen atoms in total. The summed E-state index contributed by atoms with van der Waals surface area (Å²) in [6.07, 6.45) is 4.65. The summed E-state index contributed by atoms with van der Waals surface area (Å²) in [4.78, 5) is 4.26. The van der Waals surface area contributed by atoms with Gasteiger partial charge in [0.2, 0.25) is 0 Å². The molecular formula is C17H25N3O2. The Bertz CT molecular complexity index is 525. The van der Waals surface area contributed by atoms with E-state index in [0.717, 1.165) is 57.3 Å². The van der Waals surface area contributed by atoms with E-state index in [4.69, 9.17) is 9.47 Å². The summed E-state index contributed by atoms with van der Waals surface area (Å²) in [7, 11) is 1.80. The maximum atomic E-state index is 5.61. The molecule has 1 aromatic rings. The minimum absolute atomic E-state index is 0.329. The first-order chi connectivity index (χ1) is 10.8. The molecule has 0 amide bonds. The molecule has 2 aliphatic rings. The van der Waals surface area contributed by atoms with Gasteiger partial charge in [0.15, 0.2) is 5.96 Å². The van der Waals surface area contributed by atoms with E-state index < -0.39 is 0 Å². The lowest BCUT2D eigenvalue weighted by Gasteiger charge is -2.15. The largest absolute Gasteiger partial charge is 0.493 e. The van der Waals surface area contributed by atoms with Gasteiger partial charge >= 0.3 is 0 Å². The van der Waals surface area contributed by atoms with Gasteiger partial charge in [-0.05, 0) is 36.5 Å². The van der Waals surface area contributed by atoms with Crippen molar-refractivity contribution in [1.29, 1.82) is 0 Å². The maximum Gasteiger partial charge on any atom is 0.191 e. The average molecular weight is 303 g/mol. The van der Waals surface area contributed by atoms with Crippen LogP contribution in [0.1, 0.15) is 24.0 Å². The summed E-state index contributed by atoms with van der Waals surface area (Å²) in [5.41, 5.74) is 2.67. The molecule has 3 rings (SSSR count). The van der Waals surface area contributed by atoms with Crippen molar-refractivity contribution >= 4 is 5.96 Å². The summed E-state index contributed by atoms with van der Waals surface area (Å²) in [6, 6.07) is 6.49. The number of nitrogens with one attached hydrogen (secondary N) is 2. The molecule has 2 heterocycles. The van der Waals surface area contributed by atoms with Crippen LogP contribution in [0.5, 0.6) is 5.75 Å². The number of aliphatic imine (C=N–C) groups is 1. The summed E-state index contributed by atoms with van der Waals surface area (Å²) < 4.78 is 11.1. The molecule has 1 aromatic carbocycles. The number of hydrogen-bond acceptors (Lipinski definition) is 3. The molecule has 2 N–H and O–H groups in total. The molecule has 0 aliphatic carbocycles. The number of rotatable bonds is 5. The van der Waals surface area contributed by atoms with E-state index in [1.807, 2.05) is 0 Å². The molecular weight excluding hydrogens is 278 g/mol. The fourth-order valence-corrected chi connectivity index (χ4v) is 2.96. The zero-order valence-corrected chi connectivity index (χ0v) is 13.2. The number of nitrogens with zero attached hydrogens (tertiary/aromatic N) is 1. The van der Waals surface area contributed by atoms with Crippen molar-refractivity contribution in [3.8, 4) is 5.75 Å². The normalized spacial score (nSPS) is 20.6. The Labute approximate surface area is 132 Å². The van der Waals surface area contributed by atoms with E-state index in [-0.39, 0.29) is 0 Å². The lowest BCUT2D eigenvalue weighted by molar-refractivity contribution is 0.114. The molecule has 0 aromatic heterocycles. The maximum absolute atomic E-state index is 5.61. The molecule has 0 saturated carbocycles. The molecule has 0 radical (unpaired) electrons. The molecule has 120 valence electrons. The smallest absolute Gasteiger partial charge is 0.191 e. The molecule has 1 unspecified atom stereocenters. The summed E-state index contributed by atoms with van der Waals surface area (Å²) in [5, 5.41) is 6.69. The second-order valence-electron chi connectivity index (χ2n) is 5.81. The Morgan fingerprint density at radius 3 is 3.09 bits per heavy atom. The molecule has 2 aliphatic heterocycles. The van der Waals surface area contributed by atoms with E-state index in [1.54, 1.807) is 7.05 Å². The zero-order chi connectivity index (χ0) is 15.2. The monoisotopic (exact) mass is 303 g/mol. The first-order valence-corrected chi connectivity index (χ1v) is 8.16. The van der Waals surface area contributed by atoms with Crippen molar-refractivity contribution in [2.45, 2.75) is 31.8 Å². The van der Waals surface area contributed by atoms with Crippen LogP contribution in [0, 0.1) is 0 Å². The van der Waals surface area contributed by atoms with Crippen molar-refractivity contribution in [2.24, 2.45) is 4.99 Å². The minimum atomic E-state index is 0.329. The molecule has 0 bridgehead atoms. The standard InChI is InChI=1S/C17H25N3O2/c1-18-17(20-12-15-3-2-9-21-15)19-8-6-13-4-5-16-14(11-13)7-10-22-16/h4-5,11,15H,2-3,6-10,12H2,1H3,(H2,18,19,20). The lowest BCUT2D eigenvalue weighted by atomic mass is 10.1. The molecule has 22 heavy (non-hydrogen) atoms. The fourth-order valence-electron chi connectivity index (χ4n) is 2.96. The van der Waals surface area contributed by atoms with E-state index in [1.165, 1.54) is 17.5 Å². The number of guanidine groups is 1. The second-order valence-corrected chi connectivity index (χ2v) is 5.81. The first-order valence-electron chi connectivity index (χ1n) is 8.16. The van der Waals surface area contributed by atoms with E-state index in [2.05, 4.69) is 33.8 Å². The topological polar surface area (TPSA) is 54.9 Å². The Morgan fingerprint density at radius 2 is 2.27 bits per heavy atom. The molecule has 5 heteroatoms.